The van der Waals surface area contributed by atoms with Crippen molar-refractivity contribution >= 4 is 0 Å². The van der Waals surface area contributed by atoms with Crippen LogP contribution < -0.4 is 5.32 Å². The SMILES string of the molecule is Cc1ccccc1-c1nc(C(C)N2CCNCC2)no1. The molecule has 1 unspecified atom stereocenters. The van der Waals surface area contributed by atoms with E-state index in [1.807, 2.05) is 18.2 Å². The second-order valence-corrected chi connectivity index (χ2v) is 5.23. The highest BCUT2D eigenvalue weighted by Crippen LogP contribution is 2.24. The third-order valence-electron chi connectivity index (χ3n) is 3.89. The van der Waals surface area contributed by atoms with Gasteiger partial charge in [0.05, 0.1) is 6.04 Å². The number of hydrogen-bond acceptors (Lipinski definition) is 5. The summed E-state index contributed by atoms with van der Waals surface area (Å²) in [5, 5.41) is 7.51. The van der Waals surface area contributed by atoms with Gasteiger partial charge in [0.25, 0.3) is 5.89 Å². The van der Waals surface area contributed by atoms with Gasteiger partial charge in [-0.05, 0) is 25.5 Å². The Balaban J connectivity index is 1.81. The molecule has 2 heterocycles. The fourth-order valence-corrected chi connectivity index (χ4v) is 2.56. The molecule has 1 aromatic heterocycles. The molecule has 0 amide bonds. The second kappa shape index (κ2) is 5.73. The number of nitrogens with one attached hydrogen (secondary N) is 1. The molecule has 0 aliphatic carbocycles. The molecule has 2 aromatic rings. The molecule has 0 radical (unpaired) electrons. The van der Waals surface area contributed by atoms with Gasteiger partial charge < -0.3 is 9.84 Å². The van der Waals surface area contributed by atoms with E-state index in [1.165, 1.54) is 0 Å². The van der Waals surface area contributed by atoms with Crippen LogP contribution in [0.2, 0.25) is 0 Å². The zero-order valence-corrected chi connectivity index (χ0v) is 12.0. The molecule has 5 nitrogen and oxygen atoms in total. The third-order valence-corrected chi connectivity index (χ3v) is 3.89. The van der Waals surface area contributed by atoms with Crippen molar-refractivity contribution in [3.8, 4) is 11.5 Å². The van der Waals surface area contributed by atoms with Crippen LogP contribution in [0.3, 0.4) is 0 Å². The molecule has 3 rings (SSSR count). The maximum atomic E-state index is 5.44. The van der Waals surface area contributed by atoms with E-state index < -0.39 is 0 Å². The predicted octanol–water partition coefficient (Wildman–Crippen LogP) is 2.01. The van der Waals surface area contributed by atoms with E-state index in [-0.39, 0.29) is 6.04 Å². The quantitative estimate of drug-likeness (QED) is 0.926. The van der Waals surface area contributed by atoms with Crippen LogP contribution in [0, 0.1) is 6.92 Å². The van der Waals surface area contributed by atoms with Crippen LogP contribution in [0.1, 0.15) is 24.4 Å². The summed E-state index contributed by atoms with van der Waals surface area (Å²) in [6, 6.07) is 8.27. The van der Waals surface area contributed by atoms with Crippen molar-refractivity contribution in [2.24, 2.45) is 0 Å². The van der Waals surface area contributed by atoms with E-state index in [0.717, 1.165) is 43.1 Å². The van der Waals surface area contributed by atoms with Crippen LogP contribution in [0.4, 0.5) is 0 Å². The first-order valence-electron chi connectivity index (χ1n) is 7.10. The minimum atomic E-state index is 0.193. The lowest BCUT2D eigenvalue weighted by atomic mass is 10.1. The van der Waals surface area contributed by atoms with Crippen molar-refractivity contribution in [3.63, 3.8) is 0 Å². The summed E-state index contributed by atoms with van der Waals surface area (Å²) in [5.41, 5.74) is 2.16. The van der Waals surface area contributed by atoms with Crippen LogP contribution in [0.25, 0.3) is 11.5 Å². The van der Waals surface area contributed by atoms with Crippen molar-refractivity contribution in [3.05, 3.63) is 35.7 Å². The molecule has 1 aromatic carbocycles. The molecule has 0 spiro atoms. The molecule has 1 aliphatic heterocycles. The van der Waals surface area contributed by atoms with Crippen molar-refractivity contribution in [1.82, 2.24) is 20.4 Å². The standard InChI is InChI=1S/C15H20N4O/c1-11-5-3-4-6-13(11)15-17-14(18-20-15)12(2)19-9-7-16-8-10-19/h3-6,12,16H,7-10H2,1-2H3. The maximum absolute atomic E-state index is 5.44. The van der Waals surface area contributed by atoms with E-state index in [1.54, 1.807) is 0 Å². The van der Waals surface area contributed by atoms with E-state index in [0.29, 0.717) is 5.89 Å². The number of piperazine rings is 1. The Morgan fingerprint density at radius 3 is 2.75 bits per heavy atom. The van der Waals surface area contributed by atoms with Gasteiger partial charge >= 0.3 is 0 Å². The highest BCUT2D eigenvalue weighted by atomic mass is 16.5. The van der Waals surface area contributed by atoms with E-state index in [2.05, 4.69) is 40.3 Å². The Morgan fingerprint density at radius 2 is 2.00 bits per heavy atom. The zero-order valence-electron chi connectivity index (χ0n) is 12.0. The molecule has 1 aliphatic rings. The molecule has 106 valence electrons. The smallest absolute Gasteiger partial charge is 0.258 e. The maximum Gasteiger partial charge on any atom is 0.258 e. The number of nitrogens with zero attached hydrogens (tertiary/aromatic N) is 3. The molecule has 1 N–H and O–H groups in total. The number of aryl methyl sites for hydroxylation is 1. The van der Waals surface area contributed by atoms with E-state index in [4.69, 9.17) is 4.52 Å². The van der Waals surface area contributed by atoms with Crippen molar-refractivity contribution in [2.45, 2.75) is 19.9 Å². The molecule has 5 heteroatoms. The van der Waals surface area contributed by atoms with Crippen molar-refractivity contribution < 1.29 is 4.52 Å². The Kier molecular flexibility index (Phi) is 3.80. The molecular weight excluding hydrogens is 252 g/mol. The van der Waals surface area contributed by atoms with Gasteiger partial charge in [-0.3, -0.25) is 4.90 Å². The Bertz CT molecular complexity index is 575. The molecule has 1 saturated heterocycles. The van der Waals surface area contributed by atoms with Crippen LogP contribution in [0.5, 0.6) is 0 Å². The number of hydrogen-bond donors (Lipinski definition) is 1. The average molecular weight is 272 g/mol. The van der Waals surface area contributed by atoms with Crippen LogP contribution in [-0.2, 0) is 0 Å². The number of benzene rings is 1. The van der Waals surface area contributed by atoms with Crippen molar-refractivity contribution in [1.29, 1.82) is 0 Å². The second-order valence-electron chi connectivity index (χ2n) is 5.23. The van der Waals surface area contributed by atoms with Gasteiger partial charge in [0.2, 0.25) is 0 Å². The number of aromatic nitrogens is 2. The lowest BCUT2D eigenvalue weighted by molar-refractivity contribution is 0.176. The van der Waals surface area contributed by atoms with Gasteiger partial charge in [-0.25, -0.2) is 0 Å². The summed E-state index contributed by atoms with van der Waals surface area (Å²) in [7, 11) is 0. The van der Waals surface area contributed by atoms with Gasteiger partial charge in [0, 0.05) is 31.7 Å². The summed E-state index contributed by atoms with van der Waals surface area (Å²) in [6.45, 7) is 8.28. The average Bonchev–Trinajstić information content (AvgIpc) is 2.97. The van der Waals surface area contributed by atoms with Crippen molar-refractivity contribution in [2.75, 3.05) is 26.2 Å². The molecule has 1 fully saturated rings. The Labute approximate surface area is 119 Å². The lowest BCUT2D eigenvalue weighted by Gasteiger charge is -2.30. The van der Waals surface area contributed by atoms with Gasteiger partial charge in [-0.1, -0.05) is 23.4 Å². The fraction of sp³-hybridized carbons (Fsp3) is 0.467. The minimum absolute atomic E-state index is 0.193. The van der Waals surface area contributed by atoms with Crippen LogP contribution in [0.15, 0.2) is 28.8 Å². The van der Waals surface area contributed by atoms with E-state index in [9.17, 15) is 0 Å². The third kappa shape index (κ3) is 2.59. The van der Waals surface area contributed by atoms with E-state index >= 15 is 0 Å². The summed E-state index contributed by atoms with van der Waals surface area (Å²) in [4.78, 5) is 6.95. The molecule has 0 bridgehead atoms. The zero-order chi connectivity index (χ0) is 13.9. The minimum Gasteiger partial charge on any atom is -0.334 e. The summed E-state index contributed by atoms with van der Waals surface area (Å²) in [6.07, 6.45) is 0. The fourth-order valence-electron chi connectivity index (χ4n) is 2.56. The monoisotopic (exact) mass is 272 g/mol. The molecule has 20 heavy (non-hydrogen) atoms. The molecular formula is C15H20N4O. The molecule has 1 atom stereocenters. The van der Waals surface area contributed by atoms with Crippen LogP contribution >= 0.6 is 0 Å². The van der Waals surface area contributed by atoms with Gasteiger partial charge in [0.1, 0.15) is 0 Å². The normalized spacial score (nSPS) is 18.1. The molecule has 0 saturated carbocycles. The Morgan fingerprint density at radius 1 is 1.25 bits per heavy atom. The number of rotatable bonds is 3. The van der Waals surface area contributed by atoms with Gasteiger partial charge in [0.15, 0.2) is 5.82 Å². The lowest BCUT2D eigenvalue weighted by Crippen LogP contribution is -2.44. The first-order valence-corrected chi connectivity index (χ1v) is 7.10. The highest BCUT2D eigenvalue weighted by molar-refractivity contribution is 5.57. The summed E-state index contributed by atoms with van der Waals surface area (Å²) >= 11 is 0. The first-order chi connectivity index (χ1) is 9.75. The highest BCUT2D eigenvalue weighted by Gasteiger charge is 2.22. The first kappa shape index (κ1) is 13.3. The summed E-state index contributed by atoms with van der Waals surface area (Å²) < 4.78 is 5.44. The van der Waals surface area contributed by atoms with Crippen LogP contribution in [-0.4, -0.2) is 41.2 Å². The topological polar surface area (TPSA) is 54.2 Å². The Hall–Kier alpha value is -1.72. The van der Waals surface area contributed by atoms with Gasteiger partial charge in [-0.2, -0.15) is 4.98 Å². The largest absolute Gasteiger partial charge is 0.334 e. The van der Waals surface area contributed by atoms with Gasteiger partial charge in [-0.15, -0.1) is 0 Å². The summed E-state index contributed by atoms with van der Waals surface area (Å²) in [5.74, 6) is 1.38. The predicted molar refractivity (Wildman–Crippen MR) is 77.3 cm³/mol.